The Bertz CT molecular complexity index is 638. The van der Waals surface area contributed by atoms with E-state index in [-0.39, 0.29) is 11.3 Å². The van der Waals surface area contributed by atoms with Crippen molar-refractivity contribution in [3.8, 4) is 0 Å². The molecule has 2 rings (SSSR count). The predicted molar refractivity (Wildman–Crippen MR) is 72.6 cm³/mol. The van der Waals surface area contributed by atoms with E-state index in [1.165, 1.54) is 18.2 Å². The summed E-state index contributed by atoms with van der Waals surface area (Å²) in [6.45, 7) is 3.85. The van der Waals surface area contributed by atoms with Gasteiger partial charge in [-0.2, -0.15) is 0 Å². The molecule has 19 heavy (non-hydrogen) atoms. The van der Waals surface area contributed by atoms with E-state index in [1.54, 1.807) is 0 Å². The van der Waals surface area contributed by atoms with E-state index < -0.39 is 11.8 Å². The second-order valence-corrected chi connectivity index (χ2v) is 4.41. The van der Waals surface area contributed by atoms with Crippen LogP contribution >= 0.6 is 0 Å². The lowest BCUT2D eigenvalue weighted by Crippen LogP contribution is -2.05. The number of hydrogen-bond donors (Lipinski definition) is 2. The number of carboxylic acids is 1. The van der Waals surface area contributed by atoms with Gasteiger partial charge in [0.25, 0.3) is 0 Å². The lowest BCUT2D eigenvalue weighted by molar-refractivity contribution is 0.0697. The summed E-state index contributed by atoms with van der Waals surface area (Å²) in [5.41, 5.74) is 2.62. The number of carbonyl (C=O) groups is 1. The standard InChI is InChI=1S/C15H14FNO2/c1-9-6-7-13(10(2)8-9)17-14-11(15(18)19)4-3-5-12(14)16/h3-8,17H,1-2H3,(H,18,19). The first-order valence-electron chi connectivity index (χ1n) is 5.85. The highest BCUT2D eigenvalue weighted by Gasteiger charge is 2.14. The van der Waals surface area contributed by atoms with Crippen molar-refractivity contribution in [1.29, 1.82) is 0 Å². The third kappa shape index (κ3) is 2.73. The molecule has 2 aromatic carbocycles. The van der Waals surface area contributed by atoms with E-state index in [4.69, 9.17) is 5.11 Å². The first kappa shape index (κ1) is 13.1. The molecular formula is C15H14FNO2. The summed E-state index contributed by atoms with van der Waals surface area (Å²) >= 11 is 0. The SMILES string of the molecule is Cc1ccc(Nc2c(F)cccc2C(=O)O)c(C)c1. The van der Waals surface area contributed by atoms with Crippen LogP contribution in [0, 0.1) is 19.7 Å². The first-order chi connectivity index (χ1) is 8.99. The Morgan fingerprint density at radius 3 is 2.58 bits per heavy atom. The number of anilines is 2. The molecule has 0 radical (unpaired) electrons. The molecule has 0 aliphatic heterocycles. The van der Waals surface area contributed by atoms with E-state index in [9.17, 15) is 9.18 Å². The third-order valence-corrected chi connectivity index (χ3v) is 2.89. The lowest BCUT2D eigenvalue weighted by atomic mass is 10.1. The lowest BCUT2D eigenvalue weighted by Gasteiger charge is -2.13. The molecule has 2 aromatic rings. The summed E-state index contributed by atoms with van der Waals surface area (Å²) in [5.74, 6) is -1.74. The Morgan fingerprint density at radius 1 is 1.21 bits per heavy atom. The van der Waals surface area contributed by atoms with Gasteiger partial charge in [-0.3, -0.25) is 0 Å². The summed E-state index contributed by atoms with van der Waals surface area (Å²) in [6, 6.07) is 9.63. The van der Waals surface area contributed by atoms with Gasteiger partial charge in [-0.1, -0.05) is 23.8 Å². The molecule has 0 unspecified atom stereocenters. The Balaban J connectivity index is 2.46. The predicted octanol–water partition coefficient (Wildman–Crippen LogP) is 3.88. The maximum atomic E-state index is 13.8. The van der Waals surface area contributed by atoms with Gasteiger partial charge in [-0.15, -0.1) is 0 Å². The molecule has 4 heteroatoms. The van der Waals surface area contributed by atoms with Crippen LogP contribution in [0.1, 0.15) is 21.5 Å². The van der Waals surface area contributed by atoms with Crippen LogP contribution in [-0.2, 0) is 0 Å². The normalized spacial score (nSPS) is 10.3. The Hall–Kier alpha value is -2.36. The van der Waals surface area contributed by atoms with Crippen LogP contribution in [-0.4, -0.2) is 11.1 Å². The highest BCUT2D eigenvalue weighted by Crippen LogP contribution is 2.26. The molecule has 0 amide bonds. The molecule has 0 heterocycles. The molecule has 98 valence electrons. The quantitative estimate of drug-likeness (QED) is 0.879. The van der Waals surface area contributed by atoms with Gasteiger partial charge < -0.3 is 10.4 Å². The second kappa shape index (κ2) is 5.10. The largest absolute Gasteiger partial charge is 0.478 e. The molecule has 0 fully saturated rings. The maximum absolute atomic E-state index is 13.8. The van der Waals surface area contributed by atoms with Crippen LogP contribution in [0.4, 0.5) is 15.8 Å². The number of benzene rings is 2. The van der Waals surface area contributed by atoms with Crippen molar-refractivity contribution < 1.29 is 14.3 Å². The average Bonchev–Trinajstić information content (AvgIpc) is 2.34. The smallest absolute Gasteiger partial charge is 0.337 e. The van der Waals surface area contributed by atoms with E-state index in [2.05, 4.69) is 5.32 Å². The van der Waals surface area contributed by atoms with Crippen molar-refractivity contribution in [2.75, 3.05) is 5.32 Å². The Kier molecular flexibility index (Phi) is 3.51. The molecule has 0 bridgehead atoms. The van der Waals surface area contributed by atoms with Crippen molar-refractivity contribution in [2.24, 2.45) is 0 Å². The van der Waals surface area contributed by atoms with E-state index in [0.717, 1.165) is 11.1 Å². The highest BCUT2D eigenvalue weighted by molar-refractivity contribution is 5.95. The van der Waals surface area contributed by atoms with Crippen LogP contribution in [0.2, 0.25) is 0 Å². The fourth-order valence-corrected chi connectivity index (χ4v) is 1.92. The number of nitrogens with one attached hydrogen (secondary N) is 1. The first-order valence-corrected chi connectivity index (χ1v) is 5.85. The highest BCUT2D eigenvalue weighted by atomic mass is 19.1. The molecular weight excluding hydrogens is 245 g/mol. The Morgan fingerprint density at radius 2 is 1.95 bits per heavy atom. The van der Waals surface area contributed by atoms with Gasteiger partial charge in [0.1, 0.15) is 5.82 Å². The summed E-state index contributed by atoms with van der Waals surface area (Å²) in [7, 11) is 0. The van der Waals surface area contributed by atoms with E-state index >= 15 is 0 Å². The van der Waals surface area contributed by atoms with Crippen molar-refractivity contribution in [3.63, 3.8) is 0 Å². The van der Waals surface area contributed by atoms with E-state index in [0.29, 0.717) is 5.69 Å². The topological polar surface area (TPSA) is 49.3 Å². The number of hydrogen-bond acceptors (Lipinski definition) is 2. The van der Waals surface area contributed by atoms with Crippen LogP contribution in [0.5, 0.6) is 0 Å². The summed E-state index contributed by atoms with van der Waals surface area (Å²) in [5, 5.41) is 11.9. The zero-order chi connectivity index (χ0) is 14.0. The monoisotopic (exact) mass is 259 g/mol. The van der Waals surface area contributed by atoms with Gasteiger partial charge in [0, 0.05) is 5.69 Å². The van der Waals surface area contributed by atoms with Crippen molar-refractivity contribution in [2.45, 2.75) is 13.8 Å². The molecule has 0 aliphatic carbocycles. The number of halogens is 1. The molecule has 3 nitrogen and oxygen atoms in total. The maximum Gasteiger partial charge on any atom is 0.337 e. The van der Waals surface area contributed by atoms with Crippen LogP contribution in [0.3, 0.4) is 0 Å². The number of rotatable bonds is 3. The van der Waals surface area contributed by atoms with Gasteiger partial charge in [-0.25, -0.2) is 9.18 Å². The molecule has 2 N–H and O–H groups in total. The van der Waals surface area contributed by atoms with Crippen LogP contribution in [0.25, 0.3) is 0 Å². The van der Waals surface area contributed by atoms with Crippen molar-refractivity contribution >= 4 is 17.3 Å². The number of para-hydroxylation sites is 1. The minimum Gasteiger partial charge on any atom is -0.478 e. The van der Waals surface area contributed by atoms with Crippen molar-refractivity contribution in [1.82, 2.24) is 0 Å². The van der Waals surface area contributed by atoms with Gasteiger partial charge >= 0.3 is 5.97 Å². The fourth-order valence-electron chi connectivity index (χ4n) is 1.92. The minimum absolute atomic E-state index is 0.0121. The third-order valence-electron chi connectivity index (χ3n) is 2.89. The van der Waals surface area contributed by atoms with E-state index in [1.807, 2.05) is 32.0 Å². The van der Waals surface area contributed by atoms with Crippen LogP contribution < -0.4 is 5.32 Å². The molecule has 0 aromatic heterocycles. The zero-order valence-corrected chi connectivity index (χ0v) is 10.7. The minimum atomic E-state index is -1.16. The molecule has 0 saturated carbocycles. The zero-order valence-electron chi connectivity index (χ0n) is 10.7. The molecule has 0 spiro atoms. The number of aryl methyl sites for hydroxylation is 2. The summed E-state index contributed by atoms with van der Waals surface area (Å²) < 4.78 is 13.8. The average molecular weight is 259 g/mol. The second-order valence-electron chi connectivity index (χ2n) is 4.41. The van der Waals surface area contributed by atoms with Gasteiger partial charge in [-0.05, 0) is 37.6 Å². The molecule has 0 atom stereocenters. The molecule has 0 aliphatic rings. The fraction of sp³-hybridized carbons (Fsp3) is 0.133. The number of carboxylic acid groups (broad SMARTS) is 1. The van der Waals surface area contributed by atoms with Gasteiger partial charge in [0.05, 0.1) is 11.3 Å². The summed E-state index contributed by atoms with van der Waals surface area (Å²) in [4.78, 5) is 11.1. The van der Waals surface area contributed by atoms with Gasteiger partial charge in [0.2, 0.25) is 0 Å². The number of aromatic carboxylic acids is 1. The van der Waals surface area contributed by atoms with Crippen molar-refractivity contribution in [3.05, 3.63) is 58.9 Å². The molecule has 0 saturated heterocycles. The summed E-state index contributed by atoms with van der Waals surface area (Å²) in [6.07, 6.45) is 0. The Labute approximate surface area is 110 Å². The van der Waals surface area contributed by atoms with Crippen LogP contribution in [0.15, 0.2) is 36.4 Å². The van der Waals surface area contributed by atoms with Gasteiger partial charge in [0.15, 0.2) is 0 Å².